The van der Waals surface area contributed by atoms with E-state index in [0.29, 0.717) is 0 Å². The number of anilines is 1. The minimum atomic E-state index is -0.0159. The smallest absolute Gasteiger partial charge is 0.253 e. The van der Waals surface area contributed by atoms with Crippen LogP contribution in [0.3, 0.4) is 0 Å². The van der Waals surface area contributed by atoms with Crippen molar-refractivity contribution in [2.75, 3.05) is 12.4 Å². The summed E-state index contributed by atoms with van der Waals surface area (Å²) in [6, 6.07) is 7.61. The molecule has 1 aliphatic rings. The zero-order valence-electron chi connectivity index (χ0n) is 10.5. The third-order valence-corrected chi connectivity index (χ3v) is 3.56. The van der Waals surface area contributed by atoms with Gasteiger partial charge in [0.25, 0.3) is 5.91 Å². The number of benzene rings is 1. The highest BCUT2D eigenvalue weighted by molar-refractivity contribution is 5.99. The van der Waals surface area contributed by atoms with Crippen LogP contribution in [0.5, 0.6) is 0 Å². The van der Waals surface area contributed by atoms with Crippen LogP contribution in [0, 0.1) is 0 Å². The summed E-state index contributed by atoms with van der Waals surface area (Å²) >= 11 is 0. The van der Waals surface area contributed by atoms with Gasteiger partial charge in [0.1, 0.15) is 0 Å². The van der Waals surface area contributed by atoms with Crippen LogP contribution in [0.25, 0.3) is 0 Å². The van der Waals surface area contributed by atoms with Gasteiger partial charge in [-0.2, -0.15) is 0 Å². The Labute approximate surface area is 103 Å². The second kappa shape index (κ2) is 4.78. The Morgan fingerprint density at radius 1 is 1.24 bits per heavy atom. The fraction of sp³-hybridized carbons (Fsp3) is 0.500. The third-order valence-electron chi connectivity index (χ3n) is 3.56. The van der Waals surface area contributed by atoms with E-state index in [0.717, 1.165) is 24.1 Å². The van der Waals surface area contributed by atoms with E-state index in [1.165, 1.54) is 12.8 Å². The van der Waals surface area contributed by atoms with Gasteiger partial charge in [-0.25, -0.2) is 0 Å². The molecule has 2 rings (SSSR count). The van der Waals surface area contributed by atoms with E-state index < -0.39 is 0 Å². The van der Waals surface area contributed by atoms with Crippen molar-refractivity contribution in [2.45, 2.75) is 38.1 Å². The summed E-state index contributed by atoms with van der Waals surface area (Å²) in [6.45, 7) is 2.14. The number of hydrogen-bond donors (Lipinski definition) is 2. The van der Waals surface area contributed by atoms with E-state index in [4.69, 9.17) is 0 Å². The van der Waals surface area contributed by atoms with Gasteiger partial charge in [0.2, 0.25) is 0 Å². The number of rotatable bonds is 3. The summed E-state index contributed by atoms with van der Waals surface area (Å²) in [5, 5.41) is 6.22. The highest BCUT2D eigenvalue weighted by Crippen LogP contribution is 2.29. The molecule has 17 heavy (non-hydrogen) atoms. The van der Waals surface area contributed by atoms with Crippen LogP contribution in [0.1, 0.15) is 43.0 Å². The first-order valence-corrected chi connectivity index (χ1v) is 6.24. The topological polar surface area (TPSA) is 41.1 Å². The molecule has 0 heterocycles. The molecule has 0 atom stereocenters. The molecule has 0 spiro atoms. The quantitative estimate of drug-likeness (QED) is 0.841. The van der Waals surface area contributed by atoms with Gasteiger partial charge in [-0.15, -0.1) is 0 Å². The number of carbonyl (C=O) groups is 1. The monoisotopic (exact) mass is 232 g/mol. The molecule has 0 aliphatic heterocycles. The molecular formula is C14H20N2O. The van der Waals surface area contributed by atoms with Gasteiger partial charge in [-0.05, 0) is 31.9 Å². The van der Waals surface area contributed by atoms with Crippen molar-refractivity contribution in [3.63, 3.8) is 0 Å². The van der Waals surface area contributed by atoms with Crippen molar-refractivity contribution in [2.24, 2.45) is 0 Å². The zero-order valence-corrected chi connectivity index (χ0v) is 10.5. The minimum Gasteiger partial charge on any atom is -0.387 e. The van der Waals surface area contributed by atoms with E-state index in [2.05, 4.69) is 17.6 Å². The first-order chi connectivity index (χ1) is 8.14. The van der Waals surface area contributed by atoms with Crippen LogP contribution in [-0.4, -0.2) is 18.5 Å². The summed E-state index contributed by atoms with van der Waals surface area (Å²) in [7, 11) is 1.84. The van der Waals surface area contributed by atoms with E-state index in [-0.39, 0.29) is 11.4 Å². The zero-order chi connectivity index (χ0) is 12.3. The van der Waals surface area contributed by atoms with Crippen LogP contribution in [0.4, 0.5) is 5.69 Å². The maximum Gasteiger partial charge on any atom is 0.253 e. The summed E-state index contributed by atoms with van der Waals surface area (Å²) < 4.78 is 0. The fourth-order valence-corrected chi connectivity index (χ4v) is 2.52. The third kappa shape index (κ3) is 2.60. The van der Waals surface area contributed by atoms with Gasteiger partial charge in [0.15, 0.2) is 0 Å². The fourth-order valence-electron chi connectivity index (χ4n) is 2.52. The standard InChI is InChI=1S/C14H20N2O/c1-14(9-5-6-10-14)16-13(17)11-7-3-4-8-12(11)15-2/h3-4,7-8,15H,5-6,9-10H2,1-2H3,(H,16,17). The molecule has 3 nitrogen and oxygen atoms in total. The first kappa shape index (κ1) is 12.0. The molecular weight excluding hydrogens is 212 g/mol. The Balaban J connectivity index is 2.14. The Hall–Kier alpha value is -1.51. The molecule has 1 aromatic rings. The molecule has 0 bridgehead atoms. The van der Waals surface area contributed by atoms with Crippen LogP contribution in [0.2, 0.25) is 0 Å². The molecule has 0 aromatic heterocycles. The Bertz CT molecular complexity index is 408. The van der Waals surface area contributed by atoms with Crippen molar-refractivity contribution < 1.29 is 4.79 Å². The molecule has 0 saturated heterocycles. The van der Waals surface area contributed by atoms with Crippen molar-refractivity contribution in [1.82, 2.24) is 5.32 Å². The molecule has 0 unspecified atom stereocenters. The molecule has 1 saturated carbocycles. The van der Waals surface area contributed by atoms with Gasteiger partial charge in [-0.3, -0.25) is 4.79 Å². The predicted molar refractivity (Wildman–Crippen MR) is 70.3 cm³/mol. The Kier molecular flexibility index (Phi) is 3.36. The number of nitrogens with one attached hydrogen (secondary N) is 2. The van der Waals surface area contributed by atoms with Crippen LogP contribution >= 0.6 is 0 Å². The lowest BCUT2D eigenvalue weighted by atomic mass is 10.00. The molecule has 2 N–H and O–H groups in total. The SMILES string of the molecule is CNc1ccccc1C(=O)NC1(C)CCCC1. The molecule has 3 heteroatoms. The van der Waals surface area contributed by atoms with Crippen LogP contribution in [-0.2, 0) is 0 Å². The van der Waals surface area contributed by atoms with Crippen molar-refractivity contribution in [3.8, 4) is 0 Å². The summed E-state index contributed by atoms with van der Waals surface area (Å²) in [6.07, 6.45) is 4.59. The van der Waals surface area contributed by atoms with E-state index >= 15 is 0 Å². The average Bonchev–Trinajstić information content (AvgIpc) is 2.75. The van der Waals surface area contributed by atoms with Gasteiger partial charge < -0.3 is 10.6 Å². The second-order valence-electron chi connectivity index (χ2n) is 5.02. The van der Waals surface area contributed by atoms with Crippen LogP contribution < -0.4 is 10.6 Å². The van der Waals surface area contributed by atoms with Crippen molar-refractivity contribution in [1.29, 1.82) is 0 Å². The minimum absolute atomic E-state index is 0.0159. The second-order valence-corrected chi connectivity index (χ2v) is 5.02. The van der Waals surface area contributed by atoms with E-state index in [1.54, 1.807) is 0 Å². The number of carbonyl (C=O) groups excluding carboxylic acids is 1. The Morgan fingerprint density at radius 2 is 1.88 bits per heavy atom. The summed E-state index contributed by atoms with van der Waals surface area (Å²) in [4.78, 5) is 12.2. The largest absolute Gasteiger partial charge is 0.387 e. The maximum atomic E-state index is 12.2. The predicted octanol–water partition coefficient (Wildman–Crippen LogP) is 2.79. The van der Waals surface area contributed by atoms with E-state index in [1.807, 2.05) is 31.3 Å². The normalized spacial score (nSPS) is 17.8. The molecule has 0 radical (unpaired) electrons. The van der Waals surface area contributed by atoms with Gasteiger partial charge in [0.05, 0.1) is 5.56 Å². The summed E-state index contributed by atoms with van der Waals surface area (Å²) in [5.74, 6) is 0.0272. The molecule has 1 aliphatic carbocycles. The maximum absolute atomic E-state index is 12.2. The van der Waals surface area contributed by atoms with Gasteiger partial charge in [-0.1, -0.05) is 25.0 Å². The number of hydrogen-bond acceptors (Lipinski definition) is 2. The lowest BCUT2D eigenvalue weighted by molar-refractivity contribution is 0.0909. The average molecular weight is 232 g/mol. The molecule has 1 fully saturated rings. The molecule has 1 aromatic carbocycles. The molecule has 92 valence electrons. The number of amides is 1. The van der Waals surface area contributed by atoms with E-state index in [9.17, 15) is 4.79 Å². The lowest BCUT2D eigenvalue weighted by Crippen LogP contribution is -2.43. The highest BCUT2D eigenvalue weighted by atomic mass is 16.1. The van der Waals surface area contributed by atoms with Gasteiger partial charge >= 0.3 is 0 Å². The highest BCUT2D eigenvalue weighted by Gasteiger charge is 2.30. The Morgan fingerprint density at radius 3 is 2.53 bits per heavy atom. The van der Waals surface area contributed by atoms with Gasteiger partial charge in [0, 0.05) is 18.3 Å². The number of para-hydroxylation sites is 1. The molecule has 1 amide bonds. The van der Waals surface area contributed by atoms with Crippen molar-refractivity contribution >= 4 is 11.6 Å². The van der Waals surface area contributed by atoms with Crippen molar-refractivity contribution in [3.05, 3.63) is 29.8 Å². The summed E-state index contributed by atoms with van der Waals surface area (Å²) in [5.41, 5.74) is 1.59. The van der Waals surface area contributed by atoms with Crippen LogP contribution in [0.15, 0.2) is 24.3 Å². The first-order valence-electron chi connectivity index (χ1n) is 6.24. The lowest BCUT2D eigenvalue weighted by Gasteiger charge is -2.25.